The first-order valence-corrected chi connectivity index (χ1v) is 6.43. The Balaban J connectivity index is 2.14. The Labute approximate surface area is 122 Å². The first-order chi connectivity index (χ1) is 9.47. The van der Waals surface area contributed by atoms with Crippen LogP contribution in [-0.2, 0) is 0 Å². The first-order valence-electron chi connectivity index (χ1n) is 5.63. The van der Waals surface area contributed by atoms with E-state index in [4.69, 9.17) is 5.73 Å². The highest BCUT2D eigenvalue weighted by atomic mass is 79.9. The van der Waals surface area contributed by atoms with Crippen LogP contribution < -0.4 is 11.1 Å². The van der Waals surface area contributed by atoms with Crippen LogP contribution in [0.1, 0.15) is 20.7 Å². The van der Waals surface area contributed by atoms with Gasteiger partial charge in [-0.2, -0.15) is 0 Å². The molecule has 0 aromatic heterocycles. The van der Waals surface area contributed by atoms with E-state index in [1.54, 1.807) is 12.1 Å². The Morgan fingerprint density at radius 1 is 1.05 bits per heavy atom. The highest BCUT2D eigenvalue weighted by Crippen LogP contribution is 2.17. The molecule has 2 rings (SSSR count). The first kappa shape index (κ1) is 14.2. The van der Waals surface area contributed by atoms with Gasteiger partial charge in [0.25, 0.3) is 5.91 Å². The Morgan fingerprint density at radius 3 is 2.20 bits per heavy atom. The predicted octanol–water partition coefficient (Wildman–Crippen LogP) is 2.94. The lowest BCUT2D eigenvalue weighted by Crippen LogP contribution is -2.13. The number of nitrogens with one attached hydrogen (secondary N) is 1. The van der Waals surface area contributed by atoms with Crippen LogP contribution in [0.3, 0.4) is 0 Å². The maximum Gasteiger partial charge on any atom is 0.255 e. The van der Waals surface area contributed by atoms with E-state index in [2.05, 4.69) is 21.2 Å². The third-order valence-electron chi connectivity index (χ3n) is 2.61. The number of benzene rings is 2. The molecule has 102 valence electrons. The summed E-state index contributed by atoms with van der Waals surface area (Å²) >= 11 is 3.02. The summed E-state index contributed by atoms with van der Waals surface area (Å²) in [5, 5.41) is 2.60. The molecule has 6 heteroatoms. The summed E-state index contributed by atoms with van der Waals surface area (Å²) in [5.74, 6) is -1.50. The van der Waals surface area contributed by atoms with Gasteiger partial charge in [-0.05, 0) is 58.4 Å². The van der Waals surface area contributed by atoms with Gasteiger partial charge in [0.05, 0.1) is 4.47 Å². The van der Waals surface area contributed by atoms with Crippen LogP contribution in [0.4, 0.5) is 10.1 Å². The normalized spacial score (nSPS) is 10.1. The smallest absolute Gasteiger partial charge is 0.255 e. The average molecular weight is 337 g/mol. The molecule has 0 bridgehead atoms. The highest BCUT2D eigenvalue weighted by molar-refractivity contribution is 9.10. The molecule has 4 nitrogen and oxygen atoms in total. The third kappa shape index (κ3) is 3.21. The molecule has 0 fully saturated rings. The van der Waals surface area contributed by atoms with Gasteiger partial charge in [-0.1, -0.05) is 0 Å². The molecular weight excluding hydrogens is 327 g/mol. The fraction of sp³-hybridized carbons (Fsp3) is 0. The second-order valence-electron chi connectivity index (χ2n) is 4.02. The van der Waals surface area contributed by atoms with Gasteiger partial charge in [-0.15, -0.1) is 0 Å². The molecule has 0 unspecified atom stereocenters. The molecule has 0 atom stereocenters. The van der Waals surface area contributed by atoms with E-state index >= 15 is 0 Å². The Hall–Kier alpha value is -2.21. The number of hydrogen-bond donors (Lipinski definition) is 2. The Bertz CT molecular complexity index is 671. The van der Waals surface area contributed by atoms with Crippen molar-refractivity contribution in [2.45, 2.75) is 0 Å². The number of primary amides is 1. The van der Waals surface area contributed by atoms with Crippen molar-refractivity contribution in [1.29, 1.82) is 0 Å². The number of carbonyl (C=O) groups is 2. The molecule has 0 aliphatic carbocycles. The van der Waals surface area contributed by atoms with Crippen LogP contribution in [0.2, 0.25) is 0 Å². The van der Waals surface area contributed by atoms with Crippen molar-refractivity contribution in [3.63, 3.8) is 0 Å². The molecule has 0 aliphatic rings. The van der Waals surface area contributed by atoms with E-state index in [9.17, 15) is 14.0 Å². The molecule has 0 spiro atoms. The lowest BCUT2D eigenvalue weighted by atomic mass is 10.1. The summed E-state index contributed by atoms with van der Waals surface area (Å²) in [5.41, 5.74) is 6.15. The maximum atomic E-state index is 13.3. The summed E-state index contributed by atoms with van der Waals surface area (Å²) in [6.45, 7) is 0. The fourth-order valence-electron chi connectivity index (χ4n) is 1.56. The zero-order valence-corrected chi connectivity index (χ0v) is 11.8. The van der Waals surface area contributed by atoms with E-state index in [-0.39, 0.29) is 5.56 Å². The second-order valence-corrected chi connectivity index (χ2v) is 4.88. The highest BCUT2D eigenvalue weighted by Gasteiger charge is 2.09. The molecule has 2 amide bonds. The predicted molar refractivity (Wildman–Crippen MR) is 77.0 cm³/mol. The molecule has 0 heterocycles. The minimum absolute atomic E-state index is 0.199. The van der Waals surface area contributed by atoms with Crippen molar-refractivity contribution in [3.05, 3.63) is 63.9 Å². The minimum Gasteiger partial charge on any atom is -0.366 e. The van der Waals surface area contributed by atoms with Gasteiger partial charge in [-0.25, -0.2) is 4.39 Å². The molecule has 0 saturated carbocycles. The average Bonchev–Trinajstić information content (AvgIpc) is 2.42. The monoisotopic (exact) mass is 336 g/mol. The number of nitrogens with two attached hydrogens (primary N) is 1. The molecular formula is C14H10BrFN2O2. The van der Waals surface area contributed by atoms with Crippen LogP contribution in [0.25, 0.3) is 0 Å². The van der Waals surface area contributed by atoms with Gasteiger partial charge < -0.3 is 11.1 Å². The zero-order chi connectivity index (χ0) is 14.7. The van der Waals surface area contributed by atoms with Crippen LogP contribution in [0, 0.1) is 5.82 Å². The number of anilines is 1. The standard InChI is InChI=1S/C14H10BrFN2O2/c15-11-6-3-9(7-12(11)16)14(20)18-10-4-1-8(2-5-10)13(17)19/h1-7H,(H2,17,19)(H,18,20). The van der Waals surface area contributed by atoms with Crippen LogP contribution in [0.5, 0.6) is 0 Å². The molecule has 0 saturated heterocycles. The van der Waals surface area contributed by atoms with Crippen molar-refractivity contribution in [3.8, 4) is 0 Å². The molecule has 2 aromatic rings. The fourth-order valence-corrected chi connectivity index (χ4v) is 1.81. The van der Waals surface area contributed by atoms with Crippen molar-refractivity contribution < 1.29 is 14.0 Å². The number of hydrogen-bond acceptors (Lipinski definition) is 2. The van der Waals surface area contributed by atoms with Gasteiger partial charge in [0.1, 0.15) is 5.82 Å². The number of halogens is 2. The molecule has 0 radical (unpaired) electrons. The summed E-state index contributed by atoms with van der Waals surface area (Å²) in [7, 11) is 0. The largest absolute Gasteiger partial charge is 0.366 e. The summed E-state index contributed by atoms with van der Waals surface area (Å²) in [6.07, 6.45) is 0. The van der Waals surface area contributed by atoms with Gasteiger partial charge in [0.2, 0.25) is 5.91 Å². The van der Waals surface area contributed by atoms with Crippen molar-refractivity contribution in [2.24, 2.45) is 5.73 Å². The van der Waals surface area contributed by atoms with Crippen molar-refractivity contribution in [1.82, 2.24) is 0 Å². The number of rotatable bonds is 3. The van der Waals surface area contributed by atoms with E-state index < -0.39 is 17.6 Å². The lowest BCUT2D eigenvalue weighted by Gasteiger charge is -2.06. The summed E-state index contributed by atoms with van der Waals surface area (Å²) < 4.78 is 13.6. The molecule has 0 aliphatic heterocycles. The minimum atomic E-state index is -0.544. The number of amides is 2. The van der Waals surface area contributed by atoms with E-state index in [1.807, 2.05) is 0 Å². The van der Waals surface area contributed by atoms with Crippen LogP contribution in [0.15, 0.2) is 46.9 Å². The molecule has 20 heavy (non-hydrogen) atoms. The number of carbonyl (C=O) groups excluding carboxylic acids is 2. The lowest BCUT2D eigenvalue weighted by molar-refractivity contribution is 0.0998. The third-order valence-corrected chi connectivity index (χ3v) is 3.25. The van der Waals surface area contributed by atoms with Gasteiger partial charge in [0.15, 0.2) is 0 Å². The van der Waals surface area contributed by atoms with E-state index in [1.165, 1.54) is 24.3 Å². The molecule has 3 N–H and O–H groups in total. The van der Waals surface area contributed by atoms with Crippen molar-refractivity contribution >= 4 is 33.4 Å². The summed E-state index contributed by atoms with van der Waals surface area (Å²) in [6, 6.07) is 10.2. The Kier molecular flexibility index (Phi) is 4.14. The maximum absolute atomic E-state index is 13.3. The van der Waals surface area contributed by atoms with Gasteiger partial charge in [0, 0.05) is 16.8 Å². The van der Waals surface area contributed by atoms with Crippen LogP contribution in [-0.4, -0.2) is 11.8 Å². The second kappa shape index (κ2) is 5.83. The summed E-state index contributed by atoms with van der Waals surface area (Å²) in [4.78, 5) is 22.8. The SMILES string of the molecule is NC(=O)c1ccc(NC(=O)c2ccc(Br)c(F)c2)cc1. The van der Waals surface area contributed by atoms with Crippen molar-refractivity contribution in [2.75, 3.05) is 5.32 Å². The topological polar surface area (TPSA) is 72.2 Å². The zero-order valence-electron chi connectivity index (χ0n) is 10.2. The molecule has 2 aromatic carbocycles. The van der Waals surface area contributed by atoms with E-state index in [0.717, 1.165) is 6.07 Å². The quantitative estimate of drug-likeness (QED) is 0.904. The van der Waals surface area contributed by atoms with Gasteiger partial charge in [-0.3, -0.25) is 9.59 Å². The van der Waals surface area contributed by atoms with Crippen LogP contribution >= 0.6 is 15.9 Å². The van der Waals surface area contributed by atoms with E-state index in [0.29, 0.717) is 15.7 Å². The Morgan fingerprint density at radius 2 is 1.65 bits per heavy atom. The van der Waals surface area contributed by atoms with Gasteiger partial charge >= 0.3 is 0 Å².